The van der Waals surface area contributed by atoms with Crippen molar-refractivity contribution in [2.45, 2.75) is 12.5 Å². The molecule has 1 aliphatic rings. The van der Waals surface area contributed by atoms with Crippen molar-refractivity contribution in [2.75, 3.05) is 25.1 Å². The van der Waals surface area contributed by atoms with Gasteiger partial charge in [0.1, 0.15) is 0 Å². The summed E-state index contributed by atoms with van der Waals surface area (Å²) < 4.78 is 5.22. The number of halogens is 1. The van der Waals surface area contributed by atoms with Gasteiger partial charge in [-0.05, 0) is 6.42 Å². The fourth-order valence-electron chi connectivity index (χ4n) is 2.30. The lowest BCUT2D eigenvalue weighted by Gasteiger charge is -2.21. The minimum Gasteiger partial charge on any atom is -0.478 e. The van der Waals surface area contributed by atoms with Crippen LogP contribution < -0.4 is 4.90 Å². The van der Waals surface area contributed by atoms with Crippen LogP contribution in [0.4, 0.5) is 11.4 Å². The number of anilines is 1. The molecule has 1 heterocycles. The average Bonchev–Trinajstić information content (AvgIpc) is 2.85. The van der Waals surface area contributed by atoms with E-state index in [9.17, 15) is 20.0 Å². The lowest BCUT2D eigenvalue weighted by Crippen LogP contribution is -2.24. The van der Waals surface area contributed by atoms with E-state index in [2.05, 4.69) is 0 Å². The summed E-state index contributed by atoms with van der Waals surface area (Å²) in [4.78, 5) is 23.2. The van der Waals surface area contributed by atoms with E-state index in [1.54, 1.807) is 12.0 Å². The molecule has 2 rings (SSSR count). The van der Waals surface area contributed by atoms with E-state index in [0.29, 0.717) is 18.8 Å². The largest absolute Gasteiger partial charge is 0.478 e. The Balaban J connectivity index is 2.47. The Morgan fingerprint density at radius 1 is 1.60 bits per heavy atom. The zero-order valence-electron chi connectivity index (χ0n) is 10.7. The molecule has 1 atom stereocenters. The van der Waals surface area contributed by atoms with Crippen molar-refractivity contribution in [3.8, 4) is 0 Å². The summed E-state index contributed by atoms with van der Waals surface area (Å²) in [5.74, 6) is -1.24. The van der Waals surface area contributed by atoms with Gasteiger partial charge in [-0.3, -0.25) is 10.1 Å². The number of rotatable bonds is 4. The monoisotopic (exact) mass is 300 g/mol. The first-order valence-corrected chi connectivity index (χ1v) is 6.30. The number of nitro groups is 1. The Kier molecular flexibility index (Phi) is 4.10. The van der Waals surface area contributed by atoms with Gasteiger partial charge in [0.05, 0.1) is 27.3 Å². The van der Waals surface area contributed by atoms with Crippen molar-refractivity contribution in [3.63, 3.8) is 0 Å². The SMILES string of the molecule is COC1CCN(c2c(Cl)cc([N+](=O)[O-])cc2C(=O)O)C1. The Morgan fingerprint density at radius 3 is 2.80 bits per heavy atom. The van der Waals surface area contributed by atoms with E-state index in [-0.39, 0.29) is 22.4 Å². The number of ether oxygens (including phenoxy) is 1. The molecule has 0 amide bonds. The third-order valence-corrected chi connectivity index (χ3v) is 3.57. The lowest BCUT2D eigenvalue weighted by molar-refractivity contribution is -0.384. The molecule has 0 aromatic heterocycles. The Morgan fingerprint density at radius 2 is 2.30 bits per heavy atom. The van der Waals surface area contributed by atoms with Gasteiger partial charge in [0.2, 0.25) is 0 Å². The number of nitrogens with zero attached hydrogens (tertiary/aromatic N) is 2. The first kappa shape index (κ1) is 14.5. The predicted octanol–water partition coefficient (Wildman–Crippen LogP) is 2.17. The molecule has 0 saturated carbocycles. The zero-order chi connectivity index (χ0) is 14.9. The standard InChI is InChI=1S/C12H13ClN2O5/c1-20-8-2-3-14(6-8)11-9(12(16)17)4-7(15(18)19)5-10(11)13/h4-5,8H,2-3,6H2,1H3,(H,16,17). The van der Waals surface area contributed by atoms with E-state index < -0.39 is 10.9 Å². The number of carboxylic acid groups (broad SMARTS) is 1. The number of nitro benzene ring substituents is 1. The van der Waals surface area contributed by atoms with Crippen LogP contribution in [0.3, 0.4) is 0 Å². The van der Waals surface area contributed by atoms with Crippen molar-refractivity contribution in [3.05, 3.63) is 32.8 Å². The van der Waals surface area contributed by atoms with Crippen LogP contribution in [0.15, 0.2) is 12.1 Å². The fraction of sp³-hybridized carbons (Fsp3) is 0.417. The van der Waals surface area contributed by atoms with Crippen molar-refractivity contribution >= 4 is 28.9 Å². The summed E-state index contributed by atoms with van der Waals surface area (Å²) >= 11 is 6.04. The average molecular weight is 301 g/mol. The van der Waals surface area contributed by atoms with E-state index in [4.69, 9.17) is 16.3 Å². The van der Waals surface area contributed by atoms with Gasteiger partial charge in [0, 0.05) is 32.3 Å². The third kappa shape index (κ3) is 2.68. The molecule has 0 radical (unpaired) electrons. The number of non-ortho nitro benzene ring substituents is 1. The maximum absolute atomic E-state index is 11.3. The molecule has 1 aromatic rings. The fourth-order valence-corrected chi connectivity index (χ4v) is 2.63. The van der Waals surface area contributed by atoms with Crippen LogP contribution in [0.5, 0.6) is 0 Å². The summed E-state index contributed by atoms with van der Waals surface area (Å²) in [6.07, 6.45) is 0.756. The molecule has 1 unspecified atom stereocenters. The highest BCUT2D eigenvalue weighted by molar-refractivity contribution is 6.34. The molecule has 1 saturated heterocycles. The summed E-state index contributed by atoms with van der Waals surface area (Å²) in [6, 6.07) is 2.20. The van der Waals surface area contributed by atoms with Gasteiger partial charge in [0.15, 0.2) is 0 Å². The molecular weight excluding hydrogens is 288 g/mol. The quantitative estimate of drug-likeness (QED) is 0.676. The number of hydrogen-bond donors (Lipinski definition) is 1. The molecule has 0 bridgehead atoms. The molecule has 0 aliphatic carbocycles. The van der Waals surface area contributed by atoms with Crippen molar-refractivity contribution in [1.29, 1.82) is 0 Å². The molecule has 8 heteroatoms. The second-order valence-electron chi connectivity index (χ2n) is 4.48. The van der Waals surface area contributed by atoms with Gasteiger partial charge < -0.3 is 14.7 Å². The summed E-state index contributed by atoms with van der Waals surface area (Å²) in [6.45, 7) is 1.10. The molecule has 1 aliphatic heterocycles. The highest BCUT2D eigenvalue weighted by Crippen LogP contribution is 2.36. The predicted molar refractivity (Wildman–Crippen MR) is 72.7 cm³/mol. The van der Waals surface area contributed by atoms with Crippen molar-refractivity contribution in [2.24, 2.45) is 0 Å². The van der Waals surface area contributed by atoms with Gasteiger partial charge in [-0.1, -0.05) is 11.6 Å². The first-order chi connectivity index (χ1) is 9.43. The first-order valence-electron chi connectivity index (χ1n) is 5.93. The van der Waals surface area contributed by atoms with Crippen LogP contribution in [0.25, 0.3) is 0 Å². The number of aromatic carboxylic acids is 1. The number of methoxy groups -OCH3 is 1. The summed E-state index contributed by atoms with van der Waals surface area (Å²) in [5, 5.41) is 20.1. The smallest absolute Gasteiger partial charge is 0.338 e. The normalized spacial score (nSPS) is 18.3. The zero-order valence-corrected chi connectivity index (χ0v) is 11.5. The van der Waals surface area contributed by atoms with Gasteiger partial charge in [-0.15, -0.1) is 0 Å². The van der Waals surface area contributed by atoms with E-state index >= 15 is 0 Å². The second-order valence-corrected chi connectivity index (χ2v) is 4.89. The molecular formula is C12H13ClN2O5. The van der Waals surface area contributed by atoms with E-state index in [0.717, 1.165) is 12.5 Å². The van der Waals surface area contributed by atoms with Crippen LogP contribution in [-0.2, 0) is 4.74 Å². The van der Waals surface area contributed by atoms with Gasteiger partial charge in [-0.25, -0.2) is 4.79 Å². The number of carbonyl (C=O) groups is 1. The van der Waals surface area contributed by atoms with E-state index in [1.165, 1.54) is 6.07 Å². The van der Waals surface area contributed by atoms with E-state index in [1.807, 2.05) is 0 Å². The van der Waals surface area contributed by atoms with Crippen LogP contribution >= 0.6 is 11.6 Å². The molecule has 7 nitrogen and oxygen atoms in total. The minimum atomic E-state index is -1.24. The molecule has 0 spiro atoms. The van der Waals surface area contributed by atoms with Gasteiger partial charge >= 0.3 is 5.97 Å². The topological polar surface area (TPSA) is 92.9 Å². The minimum absolute atomic E-state index is 0.00269. The maximum Gasteiger partial charge on any atom is 0.338 e. The van der Waals surface area contributed by atoms with Crippen molar-refractivity contribution < 1.29 is 19.6 Å². The highest BCUT2D eigenvalue weighted by Gasteiger charge is 2.29. The number of hydrogen-bond acceptors (Lipinski definition) is 5. The molecule has 1 N–H and O–H groups in total. The second kappa shape index (κ2) is 5.64. The van der Waals surface area contributed by atoms with Crippen LogP contribution in [0.2, 0.25) is 5.02 Å². The van der Waals surface area contributed by atoms with Gasteiger partial charge in [-0.2, -0.15) is 0 Å². The highest BCUT2D eigenvalue weighted by atomic mass is 35.5. The van der Waals surface area contributed by atoms with Gasteiger partial charge in [0.25, 0.3) is 5.69 Å². The van der Waals surface area contributed by atoms with Crippen LogP contribution in [0, 0.1) is 10.1 Å². The Hall–Kier alpha value is -1.86. The summed E-state index contributed by atoms with van der Waals surface area (Å²) in [7, 11) is 1.59. The lowest BCUT2D eigenvalue weighted by atomic mass is 10.1. The number of carboxylic acids is 1. The molecule has 1 aromatic carbocycles. The summed E-state index contributed by atoms with van der Waals surface area (Å²) in [5.41, 5.74) is -0.191. The molecule has 20 heavy (non-hydrogen) atoms. The van der Waals surface area contributed by atoms with Crippen LogP contribution in [0.1, 0.15) is 16.8 Å². The van der Waals surface area contributed by atoms with Crippen molar-refractivity contribution in [1.82, 2.24) is 0 Å². The number of benzene rings is 1. The Bertz CT molecular complexity index is 563. The molecule has 1 fully saturated rings. The Labute approximate surface area is 119 Å². The maximum atomic E-state index is 11.3. The van der Waals surface area contributed by atoms with Crippen LogP contribution in [-0.4, -0.2) is 42.3 Å². The third-order valence-electron chi connectivity index (χ3n) is 3.28. The molecule has 108 valence electrons.